The number of hydrogen-bond donors (Lipinski definition) is 4. The van der Waals surface area contributed by atoms with Crippen molar-refractivity contribution in [2.45, 2.75) is 42.9 Å². The number of carboxylic acid groups (broad SMARTS) is 1. The van der Waals surface area contributed by atoms with Crippen molar-refractivity contribution in [1.29, 1.82) is 0 Å². The van der Waals surface area contributed by atoms with Crippen molar-refractivity contribution in [2.24, 2.45) is 0 Å². The van der Waals surface area contributed by atoms with Crippen molar-refractivity contribution in [3.05, 3.63) is 11.8 Å². The molecule has 204 valence electrons. The number of hydrogen-bond acceptors (Lipinski definition) is 19. The minimum atomic E-state index is -5.70. The molecule has 1 aliphatic heterocycles. The Morgan fingerprint density at radius 3 is 1.95 bits per heavy atom. The summed E-state index contributed by atoms with van der Waals surface area (Å²) in [5.41, 5.74) is 0. The minimum Gasteiger partial charge on any atom is -0.735 e. The molecular weight excluding hydrogens is 650 g/mol. The number of ether oxygens (including phenoxy) is 2. The standard InChI is InChI=1S/C12H19NO19S3.4Na/c14-2-4(13-33(20,21)22)8(17)9(6(16)3-29-34(23,24)25)31-12-10(32-35(26,27)28)5(15)1-7(30-12)11(18)19;;;;/h1-2,4-6,8-10,12-13,15-17H,3H2,(H,18,19)(H,20,21,22)(H,23,24,25)(H,26,27,28);;;;/q;4*+1/p-4/t4-,5-,6+,8+,9+,10+,12-;;;;/m0..../s1. The van der Waals surface area contributed by atoms with Crippen LogP contribution in [-0.2, 0) is 58.5 Å². The molecule has 0 aliphatic carbocycles. The Balaban J connectivity index is -0.00000153. The summed E-state index contributed by atoms with van der Waals surface area (Å²) >= 11 is 0. The number of carbonyl (C=O) groups excluding carboxylic acids is 2. The summed E-state index contributed by atoms with van der Waals surface area (Å²) in [7, 11) is -16.7. The summed E-state index contributed by atoms with van der Waals surface area (Å²) < 4.78 is 116. The van der Waals surface area contributed by atoms with E-state index >= 15 is 0 Å². The van der Waals surface area contributed by atoms with Gasteiger partial charge in [0.15, 0.2) is 16.4 Å². The van der Waals surface area contributed by atoms with Gasteiger partial charge in [-0.25, -0.2) is 30.0 Å². The van der Waals surface area contributed by atoms with Gasteiger partial charge in [-0.1, -0.05) is 0 Å². The van der Waals surface area contributed by atoms with Crippen LogP contribution >= 0.6 is 0 Å². The molecule has 39 heavy (non-hydrogen) atoms. The molecule has 1 heterocycles. The van der Waals surface area contributed by atoms with Crippen LogP contribution in [0.5, 0.6) is 0 Å². The van der Waals surface area contributed by atoms with Crippen LogP contribution in [0.15, 0.2) is 11.8 Å². The fourth-order valence-electron chi connectivity index (χ4n) is 2.45. The first-order valence-electron chi connectivity index (χ1n) is 8.46. The third kappa shape index (κ3) is 18.5. The van der Waals surface area contributed by atoms with Crippen LogP contribution in [0, 0.1) is 0 Å². The van der Waals surface area contributed by atoms with Crippen LogP contribution in [0.1, 0.15) is 0 Å². The van der Waals surface area contributed by atoms with Gasteiger partial charge < -0.3 is 53.1 Å². The predicted molar refractivity (Wildman–Crippen MR) is 93.8 cm³/mol. The van der Waals surface area contributed by atoms with Crippen molar-refractivity contribution >= 4 is 43.4 Å². The molecule has 0 radical (unpaired) electrons. The first kappa shape index (κ1) is 48.0. The van der Waals surface area contributed by atoms with E-state index in [4.69, 9.17) is 4.74 Å². The first-order valence-corrected chi connectivity index (χ1v) is 12.5. The van der Waals surface area contributed by atoms with Crippen molar-refractivity contribution in [1.82, 2.24) is 4.72 Å². The molecule has 7 atom stereocenters. The second-order valence-electron chi connectivity index (χ2n) is 6.35. The molecule has 0 aromatic carbocycles. The van der Waals surface area contributed by atoms with Crippen LogP contribution in [0.4, 0.5) is 0 Å². The summed E-state index contributed by atoms with van der Waals surface area (Å²) in [6.45, 7) is -1.59. The second kappa shape index (κ2) is 20.2. The summed E-state index contributed by atoms with van der Waals surface area (Å²) in [6, 6.07) is -2.48. The van der Waals surface area contributed by atoms with Gasteiger partial charge in [-0.2, -0.15) is 0 Å². The Bertz CT molecular complexity index is 1130. The van der Waals surface area contributed by atoms with Gasteiger partial charge in [-0.15, -0.1) is 0 Å². The van der Waals surface area contributed by atoms with Gasteiger partial charge >= 0.3 is 118 Å². The zero-order chi connectivity index (χ0) is 27.4. The van der Waals surface area contributed by atoms with Gasteiger partial charge in [0.2, 0.25) is 27.1 Å². The van der Waals surface area contributed by atoms with Gasteiger partial charge in [0, 0.05) is 0 Å². The molecule has 4 N–H and O–H groups in total. The van der Waals surface area contributed by atoms with E-state index in [1.165, 1.54) is 0 Å². The third-order valence-corrected chi connectivity index (χ3v) is 5.23. The number of carboxylic acids is 1. The summed E-state index contributed by atoms with van der Waals surface area (Å²) in [5, 5.41) is 41.3. The molecule has 0 bridgehead atoms. The van der Waals surface area contributed by atoms with E-state index in [1.54, 1.807) is 0 Å². The molecule has 0 saturated heterocycles. The van der Waals surface area contributed by atoms with Crippen molar-refractivity contribution in [3.63, 3.8) is 0 Å². The fourth-order valence-corrected chi connectivity index (χ4v) is 3.76. The number of nitrogens with one attached hydrogen (secondary N) is 1. The number of aliphatic carboxylic acids is 1. The van der Waals surface area contributed by atoms with Gasteiger partial charge in [0.25, 0.3) is 0 Å². The molecule has 0 saturated carbocycles. The molecule has 20 nitrogen and oxygen atoms in total. The minimum absolute atomic E-state index is 0. The Morgan fingerprint density at radius 2 is 1.56 bits per heavy atom. The number of aliphatic hydroxyl groups excluding tert-OH is 3. The van der Waals surface area contributed by atoms with Gasteiger partial charge in [0.1, 0.15) is 48.5 Å². The monoisotopic (exact) mass is 665 g/mol. The number of aliphatic hydroxyl groups is 3. The maximum Gasteiger partial charge on any atom is 1.00 e. The number of rotatable bonds is 14. The average molecular weight is 665 g/mol. The van der Waals surface area contributed by atoms with Gasteiger partial charge in [-0.05, 0) is 6.08 Å². The molecule has 1 rings (SSSR count). The first-order chi connectivity index (χ1) is 15.7. The summed E-state index contributed by atoms with van der Waals surface area (Å²) in [4.78, 5) is 22.2. The largest absolute Gasteiger partial charge is 1.00 e. The Hall–Kier alpha value is 2.13. The SMILES string of the molecule is O=C[C@H](NS(=O)(=O)[O-])[C@@H](O)[C@H](O[C@@H]1OC(C(=O)[O-])=C[C@H](O)[C@H]1OS(=O)(=O)[O-])[C@H](O)COS(=O)(=O)[O-].[Na+].[Na+].[Na+].[Na+]. The summed E-state index contributed by atoms with van der Waals surface area (Å²) in [5.74, 6) is -3.44. The molecule has 0 unspecified atom stereocenters. The van der Waals surface area contributed by atoms with E-state index in [0.29, 0.717) is 0 Å². The Kier molecular flexibility index (Phi) is 24.9. The van der Waals surface area contributed by atoms with Crippen LogP contribution in [-0.4, -0.2) is 116 Å². The molecule has 0 amide bonds. The number of carbonyl (C=O) groups is 2. The van der Waals surface area contributed by atoms with Gasteiger partial charge in [-0.3, -0.25) is 8.37 Å². The smallest absolute Gasteiger partial charge is 0.735 e. The zero-order valence-electron chi connectivity index (χ0n) is 20.5. The molecule has 1 aliphatic rings. The predicted octanol–water partition coefficient (Wildman–Crippen LogP) is -19.6. The van der Waals surface area contributed by atoms with Crippen LogP contribution in [0.3, 0.4) is 0 Å². The topological polar surface area (TPSA) is 338 Å². The van der Waals surface area contributed by atoms with Crippen molar-refractivity contribution in [2.75, 3.05) is 6.61 Å². The van der Waals surface area contributed by atoms with E-state index in [9.17, 15) is 68.9 Å². The van der Waals surface area contributed by atoms with E-state index in [2.05, 4.69) is 13.1 Å². The maximum atomic E-state index is 11.2. The van der Waals surface area contributed by atoms with Crippen LogP contribution in [0.2, 0.25) is 0 Å². The Labute approximate surface area is 310 Å². The van der Waals surface area contributed by atoms with Crippen molar-refractivity contribution in [3.8, 4) is 0 Å². The molecule has 0 spiro atoms. The Morgan fingerprint density at radius 1 is 1.05 bits per heavy atom. The molecule has 0 aromatic heterocycles. The molecule has 0 aromatic rings. The second-order valence-corrected chi connectivity index (χ2v) is 9.55. The third-order valence-electron chi connectivity index (χ3n) is 3.79. The zero-order valence-corrected chi connectivity index (χ0v) is 31.0. The van der Waals surface area contributed by atoms with Crippen LogP contribution in [0.25, 0.3) is 0 Å². The van der Waals surface area contributed by atoms with Crippen molar-refractivity contribution < 1.29 is 205 Å². The average Bonchev–Trinajstić information content (AvgIpc) is 2.67. The normalized spacial score (nSPS) is 22.4. The number of aldehydes is 1. The molecule has 0 fully saturated rings. The summed E-state index contributed by atoms with van der Waals surface area (Å²) in [6.07, 6.45) is -15.5. The fraction of sp³-hybridized carbons (Fsp3) is 0.667. The molecular formula is C12H15NNa4O19S3. The molecule has 27 heteroatoms. The maximum absolute atomic E-state index is 11.2. The van der Waals surface area contributed by atoms with Gasteiger partial charge in [0.05, 0.1) is 6.61 Å². The van der Waals surface area contributed by atoms with E-state index in [1.807, 2.05) is 0 Å². The van der Waals surface area contributed by atoms with E-state index in [-0.39, 0.29) is 124 Å². The van der Waals surface area contributed by atoms with E-state index in [0.717, 1.165) is 4.72 Å². The van der Waals surface area contributed by atoms with Crippen LogP contribution < -0.4 is 128 Å². The van der Waals surface area contributed by atoms with E-state index < -0.39 is 98.6 Å². The quantitative estimate of drug-likeness (QED) is 0.0579.